The molecule has 7 heteroatoms. The van der Waals surface area contributed by atoms with Crippen molar-refractivity contribution >= 4 is 23.4 Å². The molecule has 1 amide bonds. The third-order valence-corrected chi connectivity index (χ3v) is 5.47. The van der Waals surface area contributed by atoms with E-state index in [4.69, 9.17) is 16.0 Å². The maximum atomic E-state index is 13.4. The molecule has 0 aliphatic rings. The van der Waals surface area contributed by atoms with Crippen LogP contribution in [0.1, 0.15) is 10.4 Å². The molecule has 2 aromatic heterocycles. The molecule has 0 unspecified atom stereocenters. The van der Waals surface area contributed by atoms with Gasteiger partial charge in [0.25, 0.3) is 5.91 Å². The van der Waals surface area contributed by atoms with Gasteiger partial charge in [-0.2, -0.15) is 0 Å². The Kier molecular flexibility index (Phi) is 5.81. The summed E-state index contributed by atoms with van der Waals surface area (Å²) in [6.07, 6.45) is 3.32. The summed E-state index contributed by atoms with van der Waals surface area (Å²) in [5.41, 5.74) is 3.35. The number of hydrogen-bond acceptors (Lipinski definition) is 5. The number of benzene rings is 3. The third-order valence-electron chi connectivity index (χ3n) is 5.23. The summed E-state index contributed by atoms with van der Waals surface area (Å²) in [4.78, 5) is 22.2. The standard InChI is InChI=1S/C27H18ClN3O3/c28-19-12-13-21(23(32)15-19)20-10-4-5-11-22(20)25(33)31-27-24(18-9-6-14-29-16-18)30-26(34-27)17-7-2-1-3-8-17/h1-16,32H,(H,31,33). The fraction of sp³-hybridized carbons (Fsp3) is 0. The lowest BCUT2D eigenvalue weighted by atomic mass is 9.98. The van der Waals surface area contributed by atoms with Gasteiger partial charge in [0.15, 0.2) is 0 Å². The third kappa shape index (κ3) is 4.27. The fourth-order valence-electron chi connectivity index (χ4n) is 3.63. The molecular formula is C27H18ClN3O3. The normalized spacial score (nSPS) is 10.7. The van der Waals surface area contributed by atoms with E-state index in [-0.39, 0.29) is 11.6 Å². The second-order valence-corrected chi connectivity index (χ2v) is 7.90. The van der Waals surface area contributed by atoms with Crippen LogP contribution in [0.3, 0.4) is 0 Å². The maximum absolute atomic E-state index is 13.4. The fourth-order valence-corrected chi connectivity index (χ4v) is 3.79. The molecule has 2 N–H and O–H groups in total. The van der Waals surface area contributed by atoms with Gasteiger partial charge < -0.3 is 9.52 Å². The molecule has 6 nitrogen and oxygen atoms in total. The molecule has 0 spiro atoms. The Hall–Kier alpha value is -4.42. The summed E-state index contributed by atoms with van der Waals surface area (Å²) < 4.78 is 5.99. The molecule has 3 aromatic carbocycles. The average Bonchev–Trinajstić information content (AvgIpc) is 3.29. The molecular weight excluding hydrogens is 450 g/mol. The van der Waals surface area contributed by atoms with E-state index in [0.29, 0.717) is 38.9 Å². The van der Waals surface area contributed by atoms with Gasteiger partial charge in [0, 0.05) is 39.7 Å². The molecule has 0 aliphatic carbocycles. The number of halogens is 1. The number of nitrogens with one attached hydrogen (secondary N) is 1. The quantitative estimate of drug-likeness (QED) is 0.301. The van der Waals surface area contributed by atoms with E-state index in [1.54, 1.807) is 54.9 Å². The molecule has 0 aliphatic heterocycles. The van der Waals surface area contributed by atoms with Crippen molar-refractivity contribution in [3.05, 3.63) is 108 Å². The van der Waals surface area contributed by atoms with E-state index in [0.717, 1.165) is 5.56 Å². The van der Waals surface area contributed by atoms with Gasteiger partial charge in [-0.05, 0) is 54.1 Å². The lowest BCUT2D eigenvalue weighted by Gasteiger charge is -2.11. The van der Waals surface area contributed by atoms with Crippen LogP contribution in [0.4, 0.5) is 5.88 Å². The first kappa shape index (κ1) is 21.4. The smallest absolute Gasteiger partial charge is 0.258 e. The lowest BCUT2D eigenvalue weighted by molar-refractivity contribution is 0.102. The number of nitrogens with zero attached hydrogens (tertiary/aromatic N) is 2. The zero-order valence-electron chi connectivity index (χ0n) is 17.8. The van der Waals surface area contributed by atoms with E-state index < -0.39 is 5.91 Å². The molecule has 0 radical (unpaired) electrons. The molecule has 0 saturated heterocycles. The predicted molar refractivity (Wildman–Crippen MR) is 132 cm³/mol. The first-order valence-electron chi connectivity index (χ1n) is 10.5. The number of pyridine rings is 1. The number of anilines is 1. The molecule has 166 valence electrons. The van der Waals surface area contributed by atoms with Crippen LogP contribution in [0.15, 0.2) is 102 Å². The van der Waals surface area contributed by atoms with Crippen LogP contribution in [0.5, 0.6) is 5.75 Å². The van der Waals surface area contributed by atoms with Gasteiger partial charge in [0.1, 0.15) is 11.4 Å². The summed E-state index contributed by atoms with van der Waals surface area (Å²) in [6, 6.07) is 24.8. The van der Waals surface area contributed by atoms with Gasteiger partial charge in [-0.3, -0.25) is 15.1 Å². The maximum Gasteiger partial charge on any atom is 0.258 e. The number of phenols is 1. The number of carbonyl (C=O) groups is 1. The number of aromatic nitrogens is 2. The molecule has 0 fully saturated rings. The highest BCUT2D eigenvalue weighted by molar-refractivity contribution is 6.30. The number of phenolic OH excluding ortho intramolecular Hbond substituents is 1. The van der Waals surface area contributed by atoms with Gasteiger partial charge in [-0.1, -0.05) is 48.0 Å². The van der Waals surface area contributed by atoms with Crippen LogP contribution >= 0.6 is 11.6 Å². The number of oxazole rings is 1. The van der Waals surface area contributed by atoms with Gasteiger partial charge in [0.05, 0.1) is 0 Å². The van der Waals surface area contributed by atoms with Gasteiger partial charge >= 0.3 is 0 Å². The van der Waals surface area contributed by atoms with Crippen molar-refractivity contribution in [2.24, 2.45) is 0 Å². The van der Waals surface area contributed by atoms with Crippen molar-refractivity contribution in [3.63, 3.8) is 0 Å². The number of rotatable bonds is 5. The molecule has 0 atom stereocenters. The Balaban J connectivity index is 1.55. The van der Waals surface area contributed by atoms with Crippen molar-refractivity contribution in [3.8, 4) is 39.6 Å². The molecule has 34 heavy (non-hydrogen) atoms. The summed E-state index contributed by atoms with van der Waals surface area (Å²) in [6.45, 7) is 0. The van der Waals surface area contributed by atoms with Crippen molar-refractivity contribution in [2.75, 3.05) is 5.32 Å². The van der Waals surface area contributed by atoms with Crippen molar-refractivity contribution < 1.29 is 14.3 Å². The Morgan fingerprint density at radius 3 is 2.41 bits per heavy atom. The Morgan fingerprint density at radius 2 is 1.65 bits per heavy atom. The van der Waals surface area contributed by atoms with Crippen molar-refractivity contribution in [1.29, 1.82) is 0 Å². The Morgan fingerprint density at radius 1 is 0.882 bits per heavy atom. The SMILES string of the molecule is O=C(Nc1oc(-c2ccccc2)nc1-c1cccnc1)c1ccccc1-c1ccc(Cl)cc1O. The van der Waals surface area contributed by atoms with Crippen LogP contribution in [-0.4, -0.2) is 21.0 Å². The van der Waals surface area contributed by atoms with Crippen LogP contribution in [0, 0.1) is 0 Å². The number of hydrogen-bond donors (Lipinski definition) is 2. The highest BCUT2D eigenvalue weighted by Crippen LogP contribution is 2.36. The zero-order valence-corrected chi connectivity index (χ0v) is 18.5. The van der Waals surface area contributed by atoms with E-state index in [2.05, 4.69) is 15.3 Å². The van der Waals surface area contributed by atoms with Crippen molar-refractivity contribution in [2.45, 2.75) is 0 Å². The minimum Gasteiger partial charge on any atom is -0.507 e. The first-order chi connectivity index (χ1) is 16.6. The predicted octanol–water partition coefficient (Wildman–Crippen LogP) is 6.68. The monoisotopic (exact) mass is 467 g/mol. The number of amides is 1. The van der Waals surface area contributed by atoms with Crippen LogP contribution in [0.25, 0.3) is 33.8 Å². The Bertz CT molecular complexity index is 1470. The van der Waals surface area contributed by atoms with E-state index in [9.17, 15) is 9.90 Å². The number of carbonyl (C=O) groups excluding carboxylic acids is 1. The van der Waals surface area contributed by atoms with Crippen LogP contribution in [-0.2, 0) is 0 Å². The molecule has 5 rings (SSSR count). The van der Waals surface area contributed by atoms with Gasteiger partial charge in [-0.15, -0.1) is 0 Å². The highest BCUT2D eigenvalue weighted by Gasteiger charge is 2.21. The topological polar surface area (TPSA) is 88.3 Å². The van der Waals surface area contributed by atoms with E-state index in [1.165, 1.54) is 6.07 Å². The largest absolute Gasteiger partial charge is 0.507 e. The second-order valence-electron chi connectivity index (χ2n) is 7.47. The minimum atomic E-state index is -0.411. The molecule has 2 heterocycles. The summed E-state index contributed by atoms with van der Waals surface area (Å²) in [7, 11) is 0. The minimum absolute atomic E-state index is 0.0187. The summed E-state index contributed by atoms with van der Waals surface area (Å²) in [5.74, 6) is 0.144. The van der Waals surface area contributed by atoms with Crippen LogP contribution in [0.2, 0.25) is 5.02 Å². The van der Waals surface area contributed by atoms with Gasteiger partial charge in [-0.25, -0.2) is 4.98 Å². The molecule has 5 aromatic rings. The van der Waals surface area contributed by atoms with Crippen LogP contribution < -0.4 is 5.32 Å². The molecule has 0 bridgehead atoms. The van der Waals surface area contributed by atoms with Crippen molar-refractivity contribution in [1.82, 2.24) is 9.97 Å². The first-order valence-corrected chi connectivity index (χ1v) is 10.8. The molecule has 0 saturated carbocycles. The summed E-state index contributed by atoms with van der Waals surface area (Å²) in [5, 5.41) is 13.7. The highest BCUT2D eigenvalue weighted by atomic mass is 35.5. The Labute approximate surface area is 200 Å². The summed E-state index contributed by atoms with van der Waals surface area (Å²) >= 11 is 5.98. The average molecular weight is 468 g/mol. The lowest BCUT2D eigenvalue weighted by Crippen LogP contribution is -2.13. The van der Waals surface area contributed by atoms with Gasteiger partial charge in [0.2, 0.25) is 11.8 Å². The zero-order chi connectivity index (χ0) is 23.5. The number of aromatic hydroxyl groups is 1. The van der Waals surface area contributed by atoms with E-state index >= 15 is 0 Å². The second kappa shape index (κ2) is 9.21. The van der Waals surface area contributed by atoms with E-state index in [1.807, 2.05) is 36.4 Å².